The molecule has 4 N–H and O–H groups in total. The number of hydrogen-bond donors (Lipinski definition) is 3. The van der Waals surface area contributed by atoms with E-state index in [1.54, 1.807) is 6.92 Å². The zero-order valence-corrected chi connectivity index (χ0v) is 11.0. The van der Waals surface area contributed by atoms with Crippen LogP contribution in [0.15, 0.2) is 35.7 Å². The average molecular weight is 289 g/mol. The fourth-order valence-corrected chi connectivity index (χ4v) is 1.56. The number of nitrogens with two attached hydrogens (primary N) is 1. The van der Waals surface area contributed by atoms with Crippen LogP contribution in [0.2, 0.25) is 0 Å². The Morgan fingerprint density at radius 3 is 2.76 bits per heavy atom. The second-order valence-corrected chi connectivity index (χ2v) is 4.18. The van der Waals surface area contributed by atoms with Crippen molar-refractivity contribution < 1.29 is 14.4 Å². The molecule has 0 radical (unpaired) electrons. The SMILES string of the molecule is Cc1cnc(C(=O)Nc2ccc(F)c(C(N)=NO)c2)cn1. The maximum atomic E-state index is 13.5. The number of nitrogens with one attached hydrogen (secondary N) is 1. The van der Waals surface area contributed by atoms with Crippen LogP contribution in [0.5, 0.6) is 0 Å². The molecule has 0 bridgehead atoms. The molecule has 0 aliphatic rings. The number of carbonyl (C=O) groups is 1. The fourth-order valence-electron chi connectivity index (χ4n) is 1.56. The van der Waals surface area contributed by atoms with Crippen molar-refractivity contribution in [2.45, 2.75) is 6.92 Å². The average Bonchev–Trinajstić information content (AvgIpc) is 2.49. The number of carbonyl (C=O) groups excluding carboxylic acids is 1. The number of benzene rings is 1. The van der Waals surface area contributed by atoms with Crippen LogP contribution >= 0.6 is 0 Å². The summed E-state index contributed by atoms with van der Waals surface area (Å²) in [6.45, 7) is 1.75. The number of hydrogen-bond acceptors (Lipinski definition) is 5. The number of anilines is 1. The molecule has 21 heavy (non-hydrogen) atoms. The zero-order chi connectivity index (χ0) is 15.4. The molecule has 0 aliphatic heterocycles. The van der Waals surface area contributed by atoms with Crippen LogP contribution < -0.4 is 11.1 Å². The van der Waals surface area contributed by atoms with E-state index in [0.29, 0.717) is 5.69 Å². The number of oxime groups is 1. The fraction of sp³-hybridized carbons (Fsp3) is 0.0769. The minimum absolute atomic E-state index is 0.120. The Balaban J connectivity index is 2.23. The third-order valence-electron chi connectivity index (χ3n) is 2.62. The lowest BCUT2D eigenvalue weighted by Crippen LogP contribution is -2.17. The number of amidine groups is 1. The normalized spacial score (nSPS) is 11.2. The first-order chi connectivity index (χ1) is 10.0. The van der Waals surface area contributed by atoms with E-state index < -0.39 is 17.6 Å². The van der Waals surface area contributed by atoms with Crippen LogP contribution in [0, 0.1) is 12.7 Å². The van der Waals surface area contributed by atoms with Crippen LogP contribution in [0.1, 0.15) is 21.7 Å². The molecule has 7 nitrogen and oxygen atoms in total. The smallest absolute Gasteiger partial charge is 0.275 e. The van der Waals surface area contributed by atoms with Gasteiger partial charge in [0.1, 0.15) is 11.5 Å². The molecule has 1 heterocycles. The van der Waals surface area contributed by atoms with Gasteiger partial charge in [0.2, 0.25) is 0 Å². The molecule has 0 unspecified atom stereocenters. The van der Waals surface area contributed by atoms with Crippen molar-refractivity contribution in [1.29, 1.82) is 0 Å². The Kier molecular flexibility index (Phi) is 4.07. The highest BCUT2D eigenvalue weighted by Crippen LogP contribution is 2.15. The zero-order valence-electron chi connectivity index (χ0n) is 11.0. The van der Waals surface area contributed by atoms with Gasteiger partial charge >= 0.3 is 0 Å². The summed E-state index contributed by atoms with van der Waals surface area (Å²) in [4.78, 5) is 19.8. The topological polar surface area (TPSA) is 113 Å². The van der Waals surface area contributed by atoms with Gasteiger partial charge in [-0.2, -0.15) is 0 Å². The molecule has 108 valence electrons. The van der Waals surface area contributed by atoms with E-state index in [0.717, 1.165) is 6.07 Å². The number of aryl methyl sites for hydroxylation is 1. The highest BCUT2D eigenvalue weighted by atomic mass is 19.1. The van der Waals surface area contributed by atoms with Gasteiger partial charge < -0.3 is 16.3 Å². The summed E-state index contributed by atoms with van der Waals surface area (Å²) in [5.74, 6) is -1.56. The van der Waals surface area contributed by atoms with Crippen molar-refractivity contribution in [3.63, 3.8) is 0 Å². The number of aromatic nitrogens is 2. The lowest BCUT2D eigenvalue weighted by molar-refractivity contribution is 0.102. The molecule has 2 aromatic rings. The molecule has 1 aromatic heterocycles. The van der Waals surface area contributed by atoms with Gasteiger partial charge in [0.15, 0.2) is 5.84 Å². The third-order valence-corrected chi connectivity index (χ3v) is 2.62. The van der Waals surface area contributed by atoms with Gasteiger partial charge in [-0.15, -0.1) is 0 Å². The molecule has 1 aromatic carbocycles. The maximum absolute atomic E-state index is 13.5. The summed E-state index contributed by atoms with van der Waals surface area (Å²) in [6.07, 6.45) is 2.79. The molecular weight excluding hydrogens is 277 g/mol. The first-order valence-corrected chi connectivity index (χ1v) is 5.88. The van der Waals surface area contributed by atoms with Crippen LogP contribution in [0.25, 0.3) is 0 Å². The van der Waals surface area contributed by atoms with Crippen LogP contribution in [0.4, 0.5) is 10.1 Å². The Hall–Kier alpha value is -3.03. The van der Waals surface area contributed by atoms with Crippen molar-refractivity contribution >= 4 is 17.4 Å². The molecule has 0 aliphatic carbocycles. The van der Waals surface area contributed by atoms with Gasteiger partial charge in [0.05, 0.1) is 17.5 Å². The summed E-state index contributed by atoms with van der Waals surface area (Å²) in [6, 6.07) is 3.71. The van der Waals surface area contributed by atoms with Crippen molar-refractivity contribution in [2.75, 3.05) is 5.32 Å². The van der Waals surface area contributed by atoms with Crippen LogP contribution in [-0.2, 0) is 0 Å². The van der Waals surface area contributed by atoms with Crippen molar-refractivity contribution in [1.82, 2.24) is 9.97 Å². The van der Waals surface area contributed by atoms with Gasteiger partial charge in [0, 0.05) is 11.9 Å². The van der Waals surface area contributed by atoms with E-state index in [-0.39, 0.29) is 16.9 Å². The highest BCUT2D eigenvalue weighted by Gasteiger charge is 2.12. The van der Waals surface area contributed by atoms with E-state index in [1.165, 1.54) is 24.5 Å². The van der Waals surface area contributed by atoms with E-state index in [1.807, 2.05) is 0 Å². The summed E-state index contributed by atoms with van der Waals surface area (Å²) in [5, 5.41) is 13.8. The number of halogens is 1. The van der Waals surface area contributed by atoms with Crippen LogP contribution in [0.3, 0.4) is 0 Å². The Morgan fingerprint density at radius 2 is 2.14 bits per heavy atom. The third kappa shape index (κ3) is 3.30. The Bertz CT molecular complexity index is 700. The summed E-state index contributed by atoms with van der Waals surface area (Å²) in [7, 11) is 0. The lowest BCUT2D eigenvalue weighted by atomic mass is 10.1. The summed E-state index contributed by atoms with van der Waals surface area (Å²) < 4.78 is 13.5. The number of rotatable bonds is 3. The van der Waals surface area contributed by atoms with E-state index in [2.05, 4.69) is 20.4 Å². The largest absolute Gasteiger partial charge is 0.409 e. The van der Waals surface area contributed by atoms with Gasteiger partial charge in [0.25, 0.3) is 5.91 Å². The molecule has 0 saturated heterocycles. The van der Waals surface area contributed by atoms with Crippen molar-refractivity contribution in [2.24, 2.45) is 10.9 Å². The minimum Gasteiger partial charge on any atom is -0.409 e. The van der Waals surface area contributed by atoms with Crippen LogP contribution in [-0.4, -0.2) is 26.9 Å². The number of nitrogens with zero attached hydrogens (tertiary/aromatic N) is 3. The van der Waals surface area contributed by atoms with Crippen molar-refractivity contribution in [3.05, 3.63) is 53.4 Å². The quantitative estimate of drug-likeness (QED) is 0.341. The van der Waals surface area contributed by atoms with Gasteiger partial charge in [-0.25, -0.2) is 9.37 Å². The second-order valence-electron chi connectivity index (χ2n) is 4.18. The summed E-state index contributed by atoms with van der Waals surface area (Å²) >= 11 is 0. The molecule has 0 fully saturated rings. The van der Waals surface area contributed by atoms with Gasteiger partial charge in [-0.1, -0.05) is 5.16 Å². The molecule has 1 amide bonds. The summed E-state index contributed by atoms with van der Waals surface area (Å²) in [5.41, 5.74) is 6.31. The first-order valence-electron chi connectivity index (χ1n) is 5.88. The minimum atomic E-state index is -0.668. The lowest BCUT2D eigenvalue weighted by Gasteiger charge is -2.07. The highest BCUT2D eigenvalue weighted by molar-refractivity contribution is 6.04. The monoisotopic (exact) mass is 289 g/mol. The molecule has 0 saturated carbocycles. The number of amides is 1. The van der Waals surface area contributed by atoms with Crippen molar-refractivity contribution in [3.8, 4) is 0 Å². The maximum Gasteiger partial charge on any atom is 0.275 e. The van der Waals surface area contributed by atoms with Gasteiger partial charge in [-0.3, -0.25) is 9.78 Å². The molecular formula is C13H12FN5O2. The molecule has 0 spiro atoms. The predicted molar refractivity (Wildman–Crippen MR) is 73.6 cm³/mol. The second kappa shape index (κ2) is 5.95. The molecule has 2 rings (SSSR count). The van der Waals surface area contributed by atoms with E-state index in [4.69, 9.17) is 10.9 Å². The Morgan fingerprint density at radius 1 is 1.38 bits per heavy atom. The van der Waals surface area contributed by atoms with E-state index >= 15 is 0 Å². The van der Waals surface area contributed by atoms with Gasteiger partial charge in [-0.05, 0) is 25.1 Å². The molecule has 8 heteroatoms. The van der Waals surface area contributed by atoms with E-state index in [9.17, 15) is 9.18 Å². The standard InChI is InChI=1S/C13H12FN5O2/c1-7-5-17-11(6-16-7)13(20)18-8-2-3-10(14)9(4-8)12(15)19-21/h2-6,21H,1H3,(H2,15,19)(H,18,20). The predicted octanol–water partition coefficient (Wildman–Crippen LogP) is 1.27. The molecule has 0 atom stereocenters. The Labute approximate surface area is 119 Å². The first kappa shape index (κ1) is 14.4.